The molecule has 0 aromatic heterocycles. The lowest BCUT2D eigenvalue weighted by molar-refractivity contribution is -0.146. The molecule has 0 spiro atoms. The lowest BCUT2D eigenvalue weighted by Crippen LogP contribution is -2.32. The highest BCUT2D eigenvalue weighted by Gasteiger charge is 2.43. The van der Waals surface area contributed by atoms with Crippen LogP contribution in [-0.4, -0.2) is 24.2 Å². The maximum atomic E-state index is 13.1. The third kappa shape index (κ3) is 2.77. The molecule has 110 valence electrons. The molecule has 1 aliphatic rings. The zero-order valence-electron chi connectivity index (χ0n) is 10.7. The van der Waals surface area contributed by atoms with Gasteiger partial charge in [0.05, 0.1) is 11.0 Å². The number of carboxylic acids is 1. The second kappa shape index (κ2) is 4.95. The molecule has 0 amide bonds. The van der Waals surface area contributed by atoms with Crippen LogP contribution in [-0.2, 0) is 11.0 Å². The predicted molar refractivity (Wildman–Crippen MR) is 71.7 cm³/mol. The van der Waals surface area contributed by atoms with Crippen molar-refractivity contribution in [3.8, 4) is 0 Å². The molecule has 1 unspecified atom stereocenters. The molecule has 1 aliphatic heterocycles. The first-order chi connectivity index (χ1) is 9.13. The first kappa shape index (κ1) is 15.2. The van der Waals surface area contributed by atoms with Crippen molar-refractivity contribution in [2.45, 2.75) is 19.5 Å². The lowest BCUT2D eigenvalue weighted by atomic mass is 9.90. The number of halogens is 4. The van der Waals surface area contributed by atoms with Gasteiger partial charge in [0.25, 0.3) is 0 Å². The first-order valence-corrected chi connectivity index (χ1v) is 6.78. The Kier molecular flexibility index (Phi) is 3.75. The fraction of sp³-hybridized carbons (Fsp3) is 0.462. The van der Waals surface area contributed by atoms with Crippen molar-refractivity contribution in [3.05, 3.63) is 28.2 Å². The number of benzene rings is 1. The van der Waals surface area contributed by atoms with Crippen LogP contribution in [0.5, 0.6) is 0 Å². The summed E-state index contributed by atoms with van der Waals surface area (Å²) in [7, 11) is 0. The van der Waals surface area contributed by atoms with Gasteiger partial charge in [0.2, 0.25) is 0 Å². The molecule has 1 atom stereocenters. The van der Waals surface area contributed by atoms with Gasteiger partial charge in [-0.2, -0.15) is 13.2 Å². The summed E-state index contributed by atoms with van der Waals surface area (Å²) in [4.78, 5) is 12.7. The molecule has 1 aromatic carbocycles. The fourth-order valence-electron chi connectivity index (χ4n) is 2.35. The smallest absolute Gasteiger partial charge is 0.418 e. The van der Waals surface area contributed by atoms with Gasteiger partial charge in [-0.25, -0.2) is 0 Å². The summed E-state index contributed by atoms with van der Waals surface area (Å²) in [5.41, 5.74) is -1.72. The largest absolute Gasteiger partial charge is 0.481 e. The third-order valence-electron chi connectivity index (χ3n) is 3.59. The Labute approximate surface area is 122 Å². The van der Waals surface area contributed by atoms with Gasteiger partial charge in [-0.15, -0.1) is 0 Å². The van der Waals surface area contributed by atoms with E-state index in [1.54, 1.807) is 6.92 Å². The average Bonchev–Trinajstić information content (AvgIpc) is 2.72. The molecular formula is C13H13BrF3NO2. The van der Waals surface area contributed by atoms with Crippen molar-refractivity contribution in [1.29, 1.82) is 0 Å². The minimum atomic E-state index is -4.47. The zero-order chi connectivity index (χ0) is 15.1. The number of hydrogen-bond acceptors (Lipinski definition) is 2. The molecule has 3 nitrogen and oxygen atoms in total. The van der Waals surface area contributed by atoms with Crippen molar-refractivity contribution in [2.24, 2.45) is 5.41 Å². The van der Waals surface area contributed by atoms with Gasteiger partial charge in [-0.1, -0.05) is 15.9 Å². The van der Waals surface area contributed by atoms with E-state index in [4.69, 9.17) is 5.11 Å². The van der Waals surface area contributed by atoms with Gasteiger partial charge in [0, 0.05) is 23.2 Å². The van der Waals surface area contributed by atoms with Gasteiger partial charge < -0.3 is 10.0 Å². The lowest BCUT2D eigenvalue weighted by Gasteiger charge is -2.25. The van der Waals surface area contributed by atoms with E-state index in [-0.39, 0.29) is 12.2 Å². The molecule has 1 saturated heterocycles. The Morgan fingerprint density at radius 2 is 2.10 bits per heavy atom. The normalized spacial score (nSPS) is 23.1. The van der Waals surface area contributed by atoms with Gasteiger partial charge in [-0.3, -0.25) is 4.79 Å². The summed E-state index contributed by atoms with van der Waals surface area (Å²) >= 11 is 3.03. The molecular weight excluding hydrogens is 339 g/mol. The van der Waals surface area contributed by atoms with Crippen molar-refractivity contribution in [2.75, 3.05) is 18.0 Å². The molecule has 0 bridgehead atoms. The van der Waals surface area contributed by atoms with Crippen molar-refractivity contribution in [1.82, 2.24) is 0 Å². The average molecular weight is 352 g/mol. The van der Waals surface area contributed by atoms with E-state index in [0.717, 1.165) is 6.07 Å². The molecule has 0 saturated carbocycles. The van der Waals surface area contributed by atoms with Crippen LogP contribution in [0.1, 0.15) is 18.9 Å². The highest BCUT2D eigenvalue weighted by Crippen LogP contribution is 2.41. The molecule has 1 aromatic rings. The quantitative estimate of drug-likeness (QED) is 0.881. The number of carboxylic acid groups (broad SMARTS) is 1. The number of rotatable bonds is 2. The molecule has 2 rings (SSSR count). The Hall–Kier alpha value is -1.24. The van der Waals surface area contributed by atoms with Crippen LogP contribution in [0, 0.1) is 5.41 Å². The zero-order valence-corrected chi connectivity index (χ0v) is 12.3. The van der Waals surface area contributed by atoms with E-state index in [1.807, 2.05) is 0 Å². The van der Waals surface area contributed by atoms with Crippen LogP contribution in [0.3, 0.4) is 0 Å². The Morgan fingerprint density at radius 1 is 1.45 bits per heavy atom. The third-order valence-corrected chi connectivity index (χ3v) is 4.09. The highest BCUT2D eigenvalue weighted by molar-refractivity contribution is 9.10. The number of carbonyl (C=O) groups is 1. The summed E-state index contributed by atoms with van der Waals surface area (Å²) < 4.78 is 39.5. The van der Waals surface area contributed by atoms with E-state index >= 15 is 0 Å². The van der Waals surface area contributed by atoms with Crippen LogP contribution in [0.2, 0.25) is 0 Å². The maximum Gasteiger partial charge on any atom is 0.418 e. The Balaban J connectivity index is 2.38. The van der Waals surface area contributed by atoms with E-state index in [9.17, 15) is 18.0 Å². The number of alkyl halides is 3. The van der Waals surface area contributed by atoms with Crippen molar-refractivity contribution in [3.63, 3.8) is 0 Å². The van der Waals surface area contributed by atoms with E-state index in [2.05, 4.69) is 15.9 Å². The van der Waals surface area contributed by atoms with Gasteiger partial charge in [0.1, 0.15) is 0 Å². The number of anilines is 1. The monoisotopic (exact) mass is 351 g/mol. The van der Waals surface area contributed by atoms with Gasteiger partial charge >= 0.3 is 12.1 Å². The first-order valence-electron chi connectivity index (χ1n) is 5.98. The highest BCUT2D eigenvalue weighted by atomic mass is 79.9. The van der Waals surface area contributed by atoms with Crippen LogP contribution in [0.15, 0.2) is 22.7 Å². The molecule has 1 N–H and O–H groups in total. The van der Waals surface area contributed by atoms with Crippen LogP contribution < -0.4 is 4.90 Å². The van der Waals surface area contributed by atoms with Gasteiger partial charge in [-0.05, 0) is 31.5 Å². The van der Waals surface area contributed by atoms with Crippen LogP contribution >= 0.6 is 15.9 Å². The number of hydrogen-bond donors (Lipinski definition) is 1. The SMILES string of the molecule is CC1(C(=O)O)CCN(c2ccc(Br)cc2C(F)(F)F)C1. The minimum absolute atomic E-state index is 0.0330. The molecule has 0 radical (unpaired) electrons. The number of aliphatic carboxylic acids is 1. The van der Waals surface area contributed by atoms with E-state index in [1.165, 1.54) is 17.0 Å². The molecule has 20 heavy (non-hydrogen) atoms. The summed E-state index contributed by atoms with van der Waals surface area (Å²) in [6, 6.07) is 3.92. The molecule has 7 heteroatoms. The molecule has 0 aliphatic carbocycles. The molecule has 1 heterocycles. The predicted octanol–water partition coefficient (Wildman–Crippen LogP) is 3.77. The fourth-order valence-corrected chi connectivity index (χ4v) is 2.71. The second-order valence-electron chi connectivity index (χ2n) is 5.20. The Bertz CT molecular complexity index is 547. The summed E-state index contributed by atoms with van der Waals surface area (Å²) in [5, 5.41) is 9.15. The minimum Gasteiger partial charge on any atom is -0.481 e. The summed E-state index contributed by atoms with van der Waals surface area (Å²) in [5.74, 6) is -0.981. The number of nitrogens with zero attached hydrogens (tertiary/aromatic N) is 1. The van der Waals surface area contributed by atoms with Crippen LogP contribution in [0.4, 0.5) is 18.9 Å². The Morgan fingerprint density at radius 3 is 2.60 bits per heavy atom. The molecule has 1 fully saturated rings. The van der Waals surface area contributed by atoms with E-state index in [0.29, 0.717) is 17.4 Å². The van der Waals surface area contributed by atoms with E-state index < -0.39 is 23.1 Å². The van der Waals surface area contributed by atoms with Crippen LogP contribution in [0.25, 0.3) is 0 Å². The maximum absolute atomic E-state index is 13.1. The van der Waals surface area contributed by atoms with Gasteiger partial charge in [0.15, 0.2) is 0 Å². The summed E-state index contributed by atoms with van der Waals surface area (Å²) in [6.07, 6.45) is -4.14. The topological polar surface area (TPSA) is 40.5 Å². The van der Waals surface area contributed by atoms with Crippen molar-refractivity contribution >= 4 is 27.6 Å². The summed E-state index contributed by atoms with van der Waals surface area (Å²) in [6.45, 7) is 1.93. The second-order valence-corrected chi connectivity index (χ2v) is 6.11. The van der Waals surface area contributed by atoms with Crippen molar-refractivity contribution < 1.29 is 23.1 Å². The standard InChI is InChI=1S/C13H13BrF3NO2/c1-12(11(19)20)4-5-18(7-12)10-3-2-8(14)6-9(10)13(15,16)17/h2-3,6H,4-5,7H2,1H3,(H,19,20).